The van der Waals surface area contributed by atoms with Crippen molar-refractivity contribution in [1.82, 2.24) is 5.32 Å². The summed E-state index contributed by atoms with van der Waals surface area (Å²) < 4.78 is 5.07. The highest BCUT2D eigenvalue weighted by Crippen LogP contribution is 2.17. The van der Waals surface area contributed by atoms with Crippen molar-refractivity contribution in [2.45, 2.75) is 38.0 Å². The third-order valence-corrected chi connectivity index (χ3v) is 3.18. The highest BCUT2D eigenvalue weighted by atomic mass is 35.5. The molecule has 0 spiro atoms. The fourth-order valence-corrected chi connectivity index (χ4v) is 2.01. The molecule has 0 aliphatic rings. The molecule has 21 heavy (non-hydrogen) atoms. The van der Waals surface area contributed by atoms with Crippen molar-refractivity contribution in [2.24, 2.45) is 5.73 Å². The number of halogens is 1. The van der Waals surface area contributed by atoms with E-state index in [1.807, 2.05) is 37.3 Å². The second-order valence-corrected chi connectivity index (χ2v) is 4.93. The van der Waals surface area contributed by atoms with Crippen LogP contribution >= 0.6 is 12.4 Å². The van der Waals surface area contributed by atoms with Gasteiger partial charge in [-0.15, -0.1) is 12.4 Å². The van der Waals surface area contributed by atoms with Crippen molar-refractivity contribution in [1.29, 1.82) is 0 Å². The molecule has 3 atom stereocenters. The Morgan fingerprint density at radius 3 is 2.52 bits per heavy atom. The number of hydrogen-bond donors (Lipinski definition) is 3. The molecule has 1 rings (SSSR count). The molecule has 0 bridgehead atoms. The standard InChI is InChI=1S/C15H24N2O3.ClH/c1-11(17-15(19)9-13(10-16)20-2)8-14(18)12-6-4-3-5-7-12;/h3-7,11,13-14,18H,8-10,16H2,1-2H3,(H,17,19);1H. The maximum absolute atomic E-state index is 11.8. The van der Waals surface area contributed by atoms with Gasteiger partial charge in [0.15, 0.2) is 0 Å². The second kappa shape index (κ2) is 10.6. The number of rotatable bonds is 8. The van der Waals surface area contributed by atoms with Crippen molar-refractivity contribution in [3.63, 3.8) is 0 Å². The highest BCUT2D eigenvalue weighted by Gasteiger charge is 2.16. The van der Waals surface area contributed by atoms with Crippen molar-refractivity contribution < 1.29 is 14.6 Å². The zero-order valence-corrected chi connectivity index (χ0v) is 13.3. The molecule has 4 N–H and O–H groups in total. The van der Waals surface area contributed by atoms with Crippen LogP contribution < -0.4 is 11.1 Å². The Bertz CT molecular complexity index is 399. The molecule has 0 heterocycles. The lowest BCUT2D eigenvalue weighted by Gasteiger charge is -2.19. The minimum absolute atomic E-state index is 0. The zero-order chi connectivity index (χ0) is 15.0. The number of nitrogens with one attached hydrogen (secondary N) is 1. The van der Waals surface area contributed by atoms with Gasteiger partial charge in [-0.3, -0.25) is 4.79 Å². The fraction of sp³-hybridized carbons (Fsp3) is 0.533. The van der Waals surface area contributed by atoms with Crippen LogP contribution in [0.1, 0.15) is 31.4 Å². The number of carbonyl (C=O) groups is 1. The molecular formula is C15H25ClN2O3. The van der Waals surface area contributed by atoms with E-state index in [4.69, 9.17) is 10.5 Å². The van der Waals surface area contributed by atoms with Crippen LogP contribution in [0.2, 0.25) is 0 Å². The Morgan fingerprint density at radius 1 is 1.38 bits per heavy atom. The van der Waals surface area contributed by atoms with Gasteiger partial charge in [0, 0.05) is 19.7 Å². The molecule has 0 saturated carbocycles. The van der Waals surface area contributed by atoms with Crippen molar-refractivity contribution in [3.05, 3.63) is 35.9 Å². The predicted molar refractivity (Wildman–Crippen MR) is 85.3 cm³/mol. The van der Waals surface area contributed by atoms with Crippen LogP contribution in [0.15, 0.2) is 30.3 Å². The summed E-state index contributed by atoms with van der Waals surface area (Å²) in [7, 11) is 1.54. The van der Waals surface area contributed by atoms with Crippen LogP contribution in [0.5, 0.6) is 0 Å². The van der Waals surface area contributed by atoms with E-state index in [1.54, 1.807) is 0 Å². The summed E-state index contributed by atoms with van der Waals surface area (Å²) >= 11 is 0. The van der Waals surface area contributed by atoms with Gasteiger partial charge in [-0.05, 0) is 18.9 Å². The van der Waals surface area contributed by atoms with Gasteiger partial charge in [0.2, 0.25) is 5.91 Å². The van der Waals surface area contributed by atoms with E-state index in [-0.39, 0.29) is 36.9 Å². The number of aliphatic hydroxyl groups excluding tert-OH is 1. The fourth-order valence-electron chi connectivity index (χ4n) is 2.01. The summed E-state index contributed by atoms with van der Waals surface area (Å²) in [4.78, 5) is 11.8. The molecule has 1 amide bonds. The first-order valence-electron chi connectivity index (χ1n) is 6.82. The molecule has 1 aromatic rings. The maximum atomic E-state index is 11.8. The molecule has 0 aromatic heterocycles. The Hall–Kier alpha value is -1.14. The van der Waals surface area contributed by atoms with Crippen LogP contribution in [-0.4, -0.2) is 36.8 Å². The molecule has 0 aliphatic carbocycles. The third kappa shape index (κ3) is 7.43. The van der Waals surface area contributed by atoms with Gasteiger partial charge in [-0.1, -0.05) is 30.3 Å². The van der Waals surface area contributed by atoms with E-state index in [0.29, 0.717) is 13.0 Å². The SMILES string of the molecule is COC(CN)CC(=O)NC(C)CC(O)c1ccccc1.Cl. The smallest absolute Gasteiger partial charge is 0.222 e. The predicted octanol–water partition coefficient (Wildman–Crippen LogP) is 1.40. The van der Waals surface area contributed by atoms with Crippen LogP contribution in [0.3, 0.4) is 0 Å². The van der Waals surface area contributed by atoms with Crippen molar-refractivity contribution in [2.75, 3.05) is 13.7 Å². The van der Waals surface area contributed by atoms with Gasteiger partial charge in [-0.2, -0.15) is 0 Å². The van der Waals surface area contributed by atoms with Crippen LogP contribution in [0.25, 0.3) is 0 Å². The molecule has 6 heteroatoms. The molecule has 1 aromatic carbocycles. The van der Waals surface area contributed by atoms with Crippen LogP contribution in [-0.2, 0) is 9.53 Å². The monoisotopic (exact) mass is 316 g/mol. The topological polar surface area (TPSA) is 84.6 Å². The summed E-state index contributed by atoms with van der Waals surface area (Å²) in [6.45, 7) is 2.18. The lowest BCUT2D eigenvalue weighted by molar-refractivity contribution is -0.124. The van der Waals surface area contributed by atoms with Crippen LogP contribution in [0, 0.1) is 0 Å². The molecule has 0 aliphatic heterocycles. The van der Waals surface area contributed by atoms with Crippen molar-refractivity contribution in [3.8, 4) is 0 Å². The van der Waals surface area contributed by atoms with E-state index in [9.17, 15) is 9.90 Å². The number of nitrogens with two attached hydrogens (primary N) is 1. The van der Waals surface area contributed by atoms with Gasteiger partial charge < -0.3 is 20.9 Å². The summed E-state index contributed by atoms with van der Waals surface area (Å²) in [6, 6.07) is 9.29. The highest BCUT2D eigenvalue weighted by molar-refractivity contribution is 5.85. The minimum Gasteiger partial charge on any atom is -0.388 e. The average molecular weight is 317 g/mol. The number of hydrogen-bond acceptors (Lipinski definition) is 4. The Morgan fingerprint density at radius 2 is 2.00 bits per heavy atom. The van der Waals surface area contributed by atoms with Crippen molar-refractivity contribution >= 4 is 18.3 Å². The van der Waals surface area contributed by atoms with Gasteiger partial charge in [-0.25, -0.2) is 0 Å². The Balaban J connectivity index is 0.00000400. The number of ether oxygens (including phenoxy) is 1. The largest absolute Gasteiger partial charge is 0.388 e. The zero-order valence-electron chi connectivity index (χ0n) is 12.5. The maximum Gasteiger partial charge on any atom is 0.222 e. The van der Waals surface area contributed by atoms with Crippen LogP contribution in [0.4, 0.5) is 0 Å². The number of carbonyl (C=O) groups excluding carboxylic acids is 1. The normalized spacial score (nSPS) is 14.7. The number of aliphatic hydroxyl groups is 1. The summed E-state index contributed by atoms with van der Waals surface area (Å²) in [5.74, 6) is -0.116. The molecule has 5 nitrogen and oxygen atoms in total. The van der Waals surface area contributed by atoms with E-state index in [2.05, 4.69) is 5.32 Å². The van der Waals surface area contributed by atoms with Gasteiger partial charge in [0.1, 0.15) is 0 Å². The molecule has 3 unspecified atom stereocenters. The summed E-state index contributed by atoms with van der Waals surface area (Å²) in [6.07, 6.45) is -0.144. The number of methoxy groups -OCH3 is 1. The second-order valence-electron chi connectivity index (χ2n) is 4.93. The summed E-state index contributed by atoms with van der Waals surface area (Å²) in [5, 5.41) is 12.9. The number of benzene rings is 1. The Kier molecular flexibility index (Phi) is 9.99. The van der Waals surface area contributed by atoms with Gasteiger partial charge >= 0.3 is 0 Å². The molecular weight excluding hydrogens is 292 g/mol. The molecule has 0 radical (unpaired) electrons. The first kappa shape index (κ1) is 19.9. The Labute approximate surface area is 132 Å². The lowest BCUT2D eigenvalue weighted by atomic mass is 10.0. The quantitative estimate of drug-likeness (QED) is 0.677. The third-order valence-electron chi connectivity index (χ3n) is 3.18. The molecule has 0 saturated heterocycles. The summed E-state index contributed by atoms with van der Waals surface area (Å²) in [5.41, 5.74) is 6.33. The minimum atomic E-state index is -0.584. The molecule has 120 valence electrons. The first-order chi connectivity index (χ1) is 9.56. The van der Waals surface area contributed by atoms with E-state index < -0.39 is 6.10 Å². The van der Waals surface area contributed by atoms with E-state index in [1.165, 1.54) is 7.11 Å². The van der Waals surface area contributed by atoms with Gasteiger partial charge in [0.05, 0.1) is 18.6 Å². The van der Waals surface area contributed by atoms with E-state index in [0.717, 1.165) is 5.56 Å². The van der Waals surface area contributed by atoms with E-state index >= 15 is 0 Å². The number of amides is 1. The first-order valence-corrected chi connectivity index (χ1v) is 6.82. The average Bonchev–Trinajstić information content (AvgIpc) is 2.45. The lowest BCUT2D eigenvalue weighted by Crippen LogP contribution is -2.37. The van der Waals surface area contributed by atoms with Gasteiger partial charge in [0.25, 0.3) is 0 Å². The molecule has 0 fully saturated rings.